The largest absolute Gasteiger partial charge is 0.329 e. The van der Waals surface area contributed by atoms with Crippen LogP contribution in [0.15, 0.2) is 0 Å². The Morgan fingerprint density at radius 3 is 1.42 bits per heavy atom. The van der Waals surface area contributed by atoms with Gasteiger partial charge in [0, 0.05) is 131 Å². The Kier molecular flexibility index (Phi) is 29.1. The van der Waals surface area contributed by atoms with E-state index >= 15 is 0 Å². The van der Waals surface area contributed by atoms with Crippen LogP contribution in [0.1, 0.15) is 6.42 Å². The Morgan fingerprint density at radius 2 is 0.895 bits per heavy atom. The van der Waals surface area contributed by atoms with E-state index in [1.165, 1.54) is 0 Å². The van der Waals surface area contributed by atoms with E-state index in [4.69, 9.17) is 17.2 Å². The van der Waals surface area contributed by atoms with Crippen LogP contribution in [-0.2, 0) is 0 Å². The van der Waals surface area contributed by atoms with Crippen LogP contribution >= 0.6 is 0 Å². The van der Waals surface area contributed by atoms with E-state index in [9.17, 15) is 0 Å². The predicted octanol–water partition coefficient (Wildman–Crippen LogP) is -3.70. The van der Waals surface area contributed by atoms with Gasteiger partial charge in [-0.05, 0) is 40.7 Å². The first-order valence-electron chi connectivity index (χ1n) is 15.0. The van der Waals surface area contributed by atoms with Gasteiger partial charge in [0.2, 0.25) is 0 Å². The van der Waals surface area contributed by atoms with Gasteiger partial charge in [-0.1, -0.05) is 0 Å². The molecule has 0 atom stereocenters. The van der Waals surface area contributed by atoms with Crippen LogP contribution in [0.5, 0.6) is 0 Å². The molecule has 230 valence electrons. The second-order valence-corrected chi connectivity index (χ2v) is 10.1. The lowest BCUT2D eigenvalue weighted by molar-refractivity contribution is 0.203. The number of hydrogen-bond donors (Lipinski definition) is 8. The minimum Gasteiger partial charge on any atom is -0.329 e. The van der Waals surface area contributed by atoms with Crippen molar-refractivity contribution in [1.29, 1.82) is 0 Å². The lowest BCUT2D eigenvalue weighted by Gasteiger charge is -2.28. The summed E-state index contributed by atoms with van der Waals surface area (Å²) in [4.78, 5) is 9.73. The molecular formula is C26H66N12. The fourth-order valence-corrected chi connectivity index (χ4v) is 4.11. The summed E-state index contributed by atoms with van der Waals surface area (Å²) in [5.74, 6) is 0. The number of likely N-dealkylation sites (N-methyl/N-ethyl adjacent to an activating group) is 3. The molecule has 12 nitrogen and oxygen atoms in total. The molecule has 0 radical (unpaired) electrons. The van der Waals surface area contributed by atoms with E-state index < -0.39 is 0 Å². The predicted molar refractivity (Wildman–Crippen MR) is 165 cm³/mol. The van der Waals surface area contributed by atoms with E-state index in [2.05, 4.69) is 60.3 Å². The SMILES string of the molecule is CNCCNCCN(C)CCNCCN(CCN)CCN(CCCNCCN)CCNCCN(C)CCN. The highest BCUT2D eigenvalue weighted by atomic mass is 15.2. The highest BCUT2D eigenvalue weighted by Gasteiger charge is 2.09. The summed E-state index contributed by atoms with van der Waals surface area (Å²) in [7, 11) is 6.30. The van der Waals surface area contributed by atoms with Crippen molar-refractivity contribution in [1.82, 2.24) is 46.2 Å². The molecule has 0 aliphatic rings. The molecule has 0 unspecified atom stereocenters. The van der Waals surface area contributed by atoms with Gasteiger partial charge >= 0.3 is 0 Å². The van der Waals surface area contributed by atoms with Gasteiger partial charge in [0.25, 0.3) is 0 Å². The number of hydrogen-bond acceptors (Lipinski definition) is 12. The van der Waals surface area contributed by atoms with Gasteiger partial charge in [-0.15, -0.1) is 0 Å². The Labute approximate surface area is 235 Å². The zero-order valence-corrected chi connectivity index (χ0v) is 25.3. The van der Waals surface area contributed by atoms with E-state index in [1.54, 1.807) is 0 Å². The molecule has 0 heterocycles. The molecular weight excluding hydrogens is 480 g/mol. The van der Waals surface area contributed by atoms with Gasteiger partial charge in [0.1, 0.15) is 0 Å². The van der Waals surface area contributed by atoms with E-state index in [1.807, 2.05) is 7.05 Å². The molecule has 0 rings (SSSR count). The van der Waals surface area contributed by atoms with Gasteiger partial charge in [-0.3, -0.25) is 4.90 Å². The van der Waals surface area contributed by atoms with Gasteiger partial charge in [0.15, 0.2) is 0 Å². The van der Waals surface area contributed by atoms with Crippen molar-refractivity contribution in [3.05, 3.63) is 0 Å². The summed E-state index contributed by atoms with van der Waals surface area (Å²) < 4.78 is 0. The Morgan fingerprint density at radius 1 is 0.421 bits per heavy atom. The standard InChI is InChI=1S/C26H66N12/c1-30-10-11-32-12-21-36(3)22-14-34-16-24-38(19-7-29)26-25-37(17-4-8-31-9-5-27)23-15-33-13-20-35(2)18-6-28/h30-34H,4-29H2,1-3H3. The van der Waals surface area contributed by atoms with Crippen LogP contribution in [0, 0.1) is 0 Å². The average Bonchev–Trinajstić information content (AvgIpc) is 2.90. The number of nitrogens with two attached hydrogens (primary N) is 3. The number of nitrogens with zero attached hydrogens (tertiary/aromatic N) is 4. The summed E-state index contributed by atoms with van der Waals surface area (Å²) in [6, 6.07) is 0. The van der Waals surface area contributed by atoms with Crippen LogP contribution in [-0.4, -0.2) is 185 Å². The first-order valence-corrected chi connectivity index (χ1v) is 15.0. The van der Waals surface area contributed by atoms with Gasteiger partial charge < -0.3 is 58.5 Å². The summed E-state index contributed by atoms with van der Waals surface area (Å²) in [6.07, 6.45) is 1.14. The lowest BCUT2D eigenvalue weighted by atomic mass is 10.3. The van der Waals surface area contributed by atoms with Crippen molar-refractivity contribution in [3.8, 4) is 0 Å². The number of rotatable bonds is 31. The third kappa shape index (κ3) is 25.8. The highest BCUT2D eigenvalue weighted by molar-refractivity contribution is 4.68. The van der Waals surface area contributed by atoms with Crippen molar-refractivity contribution in [3.63, 3.8) is 0 Å². The maximum absolute atomic E-state index is 5.94. The molecule has 0 aromatic rings. The summed E-state index contributed by atoms with van der Waals surface area (Å²) in [6.45, 7) is 21.4. The van der Waals surface area contributed by atoms with Crippen molar-refractivity contribution in [2.45, 2.75) is 6.42 Å². The second kappa shape index (κ2) is 29.5. The molecule has 0 aliphatic heterocycles. The molecule has 0 aromatic heterocycles. The van der Waals surface area contributed by atoms with Gasteiger partial charge in [-0.25, -0.2) is 0 Å². The topological polar surface area (TPSA) is 151 Å². The van der Waals surface area contributed by atoms with Crippen LogP contribution in [0.3, 0.4) is 0 Å². The molecule has 0 amide bonds. The molecule has 38 heavy (non-hydrogen) atoms. The van der Waals surface area contributed by atoms with Crippen LogP contribution in [0.4, 0.5) is 0 Å². The fraction of sp³-hybridized carbons (Fsp3) is 1.00. The first kappa shape index (κ1) is 37.5. The zero-order chi connectivity index (χ0) is 28.1. The first-order chi connectivity index (χ1) is 18.6. The number of nitrogens with one attached hydrogen (secondary N) is 5. The fourth-order valence-electron chi connectivity index (χ4n) is 4.11. The monoisotopic (exact) mass is 547 g/mol. The lowest BCUT2D eigenvalue weighted by Crippen LogP contribution is -2.44. The zero-order valence-electron chi connectivity index (χ0n) is 25.3. The molecule has 12 heteroatoms. The van der Waals surface area contributed by atoms with Crippen molar-refractivity contribution in [2.75, 3.05) is 165 Å². The van der Waals surface area contributed by atoms with Gasteiger partial charge in [-0.2, -0.15) is 0 Å². The molecule has 0 fully saturated rings. The van der Waals surface area contributed by atoms with Gasteiger partial charge in [0.05, 0.1) is 0 Å². The summed E-state index contributed by atoms with van der Waals surface area (Å²) in [5, 5.41) is 17.2. The maximum Gasteiger partial charge on any atom is 0.0110 e. The Hall–Kier alpha value is -0.480. The van der Waals surface area contributed by atoms with E-state index in [0.29, 0.717) is 19.6 Å². The second-order valence-electron chi connectivity index (χ2n) is 10.1. The van der Waals surface area contributed by atoms with Crippen LogP contribution < -0.4 is 43.8 Å². The third-order valence-corrected chi connectivity index (χ3v) is 6.61. The average molecular weight is 547 g/mol. The smallest absolute Gasteiger partial charge is 0.0110 e. The normalized spacial score (nSPS) is 12.2. The summed E-state index contributed by atoms with van der Waals surface area (Å²) in [5.41, 5.74) is 17.2. The van der Waals surface area contributed by atoms with Crippen molar-refractivity contribution >= 4 is 0 Å². The molecule has 0 saturated carbocycles. The Balaban J connectivity index is 4.26. The third-order valence-electron chi connectivity index (χ3n) is 6.61. The van der Waals surface area contributed by atoms with Crippen LogP contribution in [0.25, 0.3) is 0 Å². The molecule has 0 bridgehead atoms. The molecule has 0 spiro atoms. The molecule has 0 aliphatic carbocycles. The van der Waals surface area contributed by atoms with E-state index in [-0.39, 0.29) is 0 Å². The minimum atomic E-state index is 0.693. The van der Waals surface area contributed by atoms with Crippen molar-refractivity contribution in [2.24, 2.45) is 17.2 Å². The Bertz CT molecular complexity index is 460. The quantitative estimate of drug-likeness (QED) is 0.0404. The minimum absolute atomic E-state index is 0.693. The van der Waals surface area contributed by atoms with Crippen LogP contribution in [0.2, 0.25) is 0 Å². The summed E-state index contributed by atoms with van der Waals surface area (Å²) >= 11 is 0. The molecule has 0 aromatic carbocycles. The highest BCUT2D eigenvalue weighted by Crippen LogP contribution is 1.95. The maximum atomic E-state index is 5.94. The molecule has 11 N–H and O–H groups in total. The van der Waals surface area contributed by atoms with Crippen molar-refractivity contribution < 1.29 is 0 Å². The van der Waals surface area contributed by atoms with E-state index in [0.717, 1.165) is 131 Å². The molecule has 0 saturated heterocycles.